The number of amides is 3. The minimum atomic E-state index is -2.54. The summed E-state index contributed by atoms with van der Waals surface area (Å²) < 4.78 is 12.6. The first-order chi connectivity index (χ1) is 25.8. The van der Waals surface area contributed by atoms with Gasteiger partial charge in [-0.3, -0.25) is 14.4 Å². The van der Waals surface area contributed by atoms with Crippen LogP contribution in [-0.2, 0) is 37.8 Å². The fourth-order valence-electron chi connectivity index (χ4n) is 8.28. The number of ether oxygens (including phenoxy) is 2. The number of carbonyl (C=O) groups excluding carboxylic acids is 3. The van der Waals surface area contributed by atoms with Gasteiger partial charge < -0.3 is 34.8 Å². The third-order valence-electron chi connectivity index (χ3n) is 11.1. The Morgan fingerprint density at radius 1 is 1.02 bits per heavy atom. The van der Waals surface area contributed by atoms with Crippen molar-refractivity contribution in [1.29, 1.82) is 0 Å². The minimum absolute atomic E-state index is 0.0268. The molecule has 284 valence electrons. The quantitative estimate of drug-likeness (QED) is 0.146. The zero-order valence-corrected chi connectivity index (χ0v) is 33.0. The van der Waals surface area contributed by atoms with E-state index in [1.165, 1.54) is 6.92 Å². The van der Waals surface area contributed by atoms with Crippen molar-refractivity contribution in [2.75, 3.05) is 30.5 Å². The van der Waals surface area contributed by atoms with E-state index in [0.717, 1.165) is 22.1 Å². The molecular formula is C42H48ClN3O7Si. The molecule has 0 unspecified atom stereocenters. The highest BCUT2D eigenvalue weighted by Crippen LogP contribution is 2.60. The van der Waals surface area contributed by atoms with Gasteiger partial charge in [-0.25, -0.2) is 0 Å². The fraction of sp³-hybridized carbons (Fsp3) is 0.357. The van der Waals surface area contributed by atoms with Crippen LogP contribution in [0.15, 0.2) is 97.1 Å². The molecule has 4 aromatic rings. The number of anilines is 2. The molecule has 12 heteroatoms. The van der Waals surface area contributed by atoms with Crippen LogP contribution in [0.5, 0.6) is 5.75 Å². The summed E-state index contributed by atoms with van der Waals surface area (Å²) in [6.07, 6.45) is -1.75. The number of aliphatic hydroxyl groups excluding tert-OH is 2. The number of aliphatic hydroxyl groups is 2. The maximum atomic E-state index is 15.1. The molecule has 2 aliphatic rings. The van der Waals surface area contributed by atoms with Gasteiger partial charge in [0.05, 0.1) is 46.5 Å². The summed E-state index contributed by atoms with van der Waals surface area (Å²) in [6.45, 7) is 8.53. The average molecular weight is 770 g/mol. The van der Waals surface area contributed by atoms with E-state index in [1.54, 1.807) is 35.1 Å². The Labute approximate surface area is 322 Å². The second-order valence-electron chi connectivity index (χ2n) is 14.8. The number of benzene rings is 4. The number of methoxy groups -OCH3 is 1. The highest BCUT2D eigenvalue weighted by molar-refractivity contribution is 6.91. The van der Waals surface area contributed by atoms with Gasteiger partial charge >= 0.3 is 0 Å². The zero-order valence-electron chi connectivity index (χ0n) is 31.3. The van der Waals surface area contributed by atoms with Gasteiger partial charge in [0.2, 0.25) is 5.91 Å². The van der Waals surface area contributed by atoms with Gasteiger partial charge in [0.15, 0.2) is 5.60 Å². The molecule has 1 fully saturated rings. The molecule has 5 atom stereocenters. The Hall–Kier alpha value is -4.52. The second kappa shape index (κ2) is 16.1. The lowest BCUT2D eigenvalue weighted by molar-refractivity contribution is -0.150. The third kappa shape index (κ3) is 7.56. The molecule has 0 aromatic heterocycles. The van der Waals surface area contributed by atoms with Crippen LogP contribution < -0.4 is 20.1 Å². The van der Waals surface area contributed by atoms with Gasteiger partial charge in [0.1, 0.15) is 11.9 Å². The van der Waals surface area contributed by atoms with Crippen LogP contribution in [0.2, 0.25) is 23.7 Å². The van der Waals surface area contributed by atoms with E-state index < -0.39 is 31.8 Å². The fourth-order valence-corrected chi connectivity index (χ4v) is 12.5. The maximum Gasteiger partial charge on any atom is 0.264 e. The maximum absolute atomic E-state index is 15.1. The monoisotopic (exact) mass is 769 g/mol. The molecule has 3 amide bonds. The van der Waals surface area contributed by atoms with E-state index in [1.807, 2.05) is 66.7 Å². The van der Waals surface area contributed by atoms with Crippen molar-refractivity contribution in [2.45, 2.75) is 69.8 Å². The first kappa shape index (κ1) is 39.2. The lowest BCUT2D eigenvalue weighted by Crippen LogP contribution is -2.52. The lowest BCUT2D eigenvalue weighted by atomic mass is 9.82. The molecule has 0 radical (unpaired) electrons. The van der Waals surface area contributed by atoms with Crippen molar-refractivity contribution >= 4 is 54.0 Å². The molecule has 0 saturated carbocycles. The second-order valence-corrected chi connectivity index (χ2v) is 19.9. The Kier molecular flexibility index (Phi) is 11.7. The smallest absolute Gasteiger partial charge is 0.264 e. The SMILES string of the molecule is COc1ccc([Si](C)(C)[C@@H]2[C@@H](CC(=O)N(CCO)Cc3ccccc3)O[C@]3(C(=O)N(Cc4ccc(NC(=O)[C@H](C)O)cc4)c4ccc(Cl)cc43)[C@H]2C)cc1. The Bertz CT molecular complexity index is 1980. The summed E-state index contributed by atoms with van der Waals surface area (Å²) in [7, 11) is -0.909. The number of halogens is 1. The van der Waals surface area contributed by atoms with Gasteiger partial charge in [0, 0.05) is 35.3 Å². The largest absolute Gasteiger partial charge is 0.497 e. The number of hydrogen-bond donors (Lipinski definition) is 3. The van der Waals surface area contributed by atoms with Crippen LogP contribution in [0.3, 0.4) is 0 Å². The minimum Gasteiger partial charge on any atom is -0.497 e. The van der Waals surface area contributed by atoms with Crippen LogP contribution >= 0.6 is 11.6 Å². The van der Waals surface area contributed by atoms with Crippen LogP contribution in [0, 0.1) is 5.92 Å². The molecule has 0 aliphatic carbocycles. The van der Waals surface area contributed by atoms with Crippen LogP contribution in [0.25, 0.3) is 0 Å². The third-order valence-corrected chi connectivity index (χ3v) is 15.6. The summed E-state index contributed by atoms with van der Waals surface area (Å²) in [4.78, 5) is 44.9. The molecule has 3 N–H and O–H groups in total. The molecular weight excluding hydrogens is 722 g/mol. The van der Waals surface area contributed by atoms with Crippen molar-refractivity contribution in [3.63, 3.8) is 0 Å². The average Bonchev–Trinajstić information content (AvgIpc) is 3.58. The first-order valence-electron chi connectivity index (χ1n) is 18.2. The van der Waals surface area contributed by atoms with E-state index in [2.05, 4.69) is 37.5 Å². The molecule has 54 heavy (non-hydrogen) atoms. The van der Waals surface area contributed by atoms with Gasteiger partial charge in [-0.05, 0) is 66.1 Å². The number of carbonyl (C=O) groups is 3. The van der Waals surface area contributed by atoms with Crippen molar-refractivity contribution in [1.82, 2.24) is 4.90 Å². The predicted octanol–water partition coefficient (Wildman–Crippen LogP) is 5.84. The van der Waals surface area contributed by atoms with E-state index in [9.17, 15) is 19.8 Å². The zero-order chi connectivity index (χ0) is 38.8. The summed E-state index contributed by atoms with van der Waals surface area (Å²) in [6, 6.07) is 30.3. The molecule has 0 bridgehead atoms. The van der Waals surface area contributed by atoms with Gasteiger partial charge in [-0.2, -0.15) is 0 Å². The van der Waals surface area contributed by atoms with Gasteiger partial charge in [-0.15, -0.1) is 0 Å². The predicted molar refractivity (Wildman–Crippen MR) is 213 cm³/mol. The molecule has 2 aliphatic heterocycles. The Balaban J connectivity index is 1.38. The van der Waals surface area contributed by atoms with Crippen molar-refractivity contribution in [2.24, 2.45) is 5.92 Å². The standard InChI is InChI=1S/C42H48ClN3O7Si/c1-27-39(54(4,5)34-18-16-33(52-3)17-19-34)37(24-38(49)45(21-22-47)25-29-9-7-6-8-10-29)53-42(27)35-23-31(43)13-20-36(35)46(41(42)51)26-30-11-14-32(15-12-30)44-40(50)28(2)48/h6-20,23,27-28,37,39,47-48H,21-22,24-26H2,1-5H3,(H,44,50)/t27-,28-,37+,39-,42+/m0/s1. The lowest BCUT2D eigenvalue weighted by Gasteiger charge is -2.37. The first-order valence-corrected chi connectivity index (χ1v) is 21.7. The van der Waals surface area contributed by atoms with E-state index in [-0.39, 0.29) is 49.4 Å². The summed E-state index contributed by atoms with van der Waals surface area (Å²) in [5, 5.41) is 23.9. The Morgan fingerprint density at radius 3 is 2.33 bits per heavy atom. The van der Waals surface area contributed by atoms with E-state index in [4.69, 9.17) is 21.1 Å². The number of rotatable bonds is 13. The van der Waals surface area contributed by atoms with Crippen LogP contribution in [0.4, 0.5) is 11.4 Å². The molecule has 10 nitrogen and oxygen atoms in total. The molecule has 1 saturated heterocycles. The molecule has 4 aromatic carbocycles. The van der Waals surface area contributed by atoms with Crippen molar-refractivity contribution in [3.05, 3.63) is 119 Å². The number of fused-ring (bicyclic) bond motifs is 2. The molecule has 1 spiro atoms. The van der Waals surface area contributed by atoms with Crippen molar-refractivity contribution < 1.29 is 34.1 Å². The Morgan fingerprint density at radius 2 is 1.70 bits per heavy atom. The highest BCUT2D eigenvalue weighted by atomic mass is 35.5. The number of nitrogens with zero attached hydrogens (tertiary/aromatic N) is 2. The number of hydrogen-bond acceptors (Lipinski definition) is 7. The number of nitrogens with one attached hydrogen (secondary N) is 1. The van der Waals surface area contributed by atoms with Crippen LogP contribution in [-0.4, -0.2) is 73.4 Å². The van der Waals surface area contributed by atoms with Gasteiger partial charge in [-0.1, -0.05) is 91.4 Å². The highest BCUT2D eigenvalue weighted by Gasteiger charge is 2.66. The topological polar surface area (TPSA) is 129 Å². The van der Waals surface area contributed by atoms with E-state index in [0.29, 0.717) is 28.5 Å². The van der Waals surface area contributed by atoms with Crippen LogP contribution in [0.1, 0.15) is 37.0 Å². The van der Waals surface area contributed by atoms with Gasteiger partial charge in [0.25, 0.3) is 11.8 Å². The van der Waals surface area contributed by atoms with Crippen molar-refractivity contribution in [3.8, 4) is 5.75 Å². The summed E-state index contributed by atoms with van der Waals surface area (Å²) in [5.41, 5.74) is 2.04. The summed E-state index contributed by atoms with van der Waals surface area (Å²) >= 11 is 6.67. The molecule has 2 heterocycles. The van der Waals surface area contributed by atoms with E-state index >= 15 is 4.79 Å². The molecule has 6 rings (SSSR count). The summed E-state index contributed by atoms with van der Waals surface area (Å²) in [5.74, 6) is -0.516. The normalized spacial score (nSPS) is 21.2.